The second kappa shape index (κ2) is 11.2. The number of para-hydroxylation sites is 2. The Morgan fingerprint density at radius 3 is 2.54 bits per heavy atom. The Hall–Kier alpha value is -3.60. The van der Waals surface area contributed by atoms with Crippen LogP contribution < -0.4 is 10.1 Å². The van der Waals surface area contributed by atoms with Crippen LogP contribution in [-0.4, -0.2) is 28.6 Å². The van der Waals surface area contributed by atoms with Crippen LogP contribution in [-0.2, 0) is 13.0 Å². The van der Waals surface area contributed by atoms with Gasteiger partial charge in [-0.1, -0.05) is 35.9 Å². The van der Waals surface area contributed by atoms with Crippen LogP contribution in [0.3, 0.4) is 0 Å². The van der Waals surface area contributed by atoms with Crippen molar-refractivity contribution in [1.29, 1.82) is 0 Å². The van der Waals surface area contributed by atoms with Crippen molar-refractivity contribution in [2.24, 2.45) is 0 Å². The highest BCUT2D eigenvalue weighted by atomic mass is 16.5. The number of nitrogens with one attached hydrogen (secondary N) is 1. The smallest absolute Gasteiger partial charge is 0.251 e. The van der Waals surface area contributed by atoms with Crippen LogP contribution in [0.1, 0.15) is 51.3 Å². The summed E-state index contributed by atoms with van der Waals surface area (Å²) in [4.78, 5) is 17.5. The zero-order chi connectivity index (χ0) is 24.8. The number of rotatable bonds is 10. The van der Waals surface area contributed by atoms with Crippen LogP contribution in [0.2, 0.25) is 0 Å². The van der Waals surface area contributed by atoms with E-state index in [1.165, 1.54) is 11.1 Å². The predicted molar refractivity (Wildman–Crippen MR) is 142 cm³/mol. The SMILES string of the molecule is Cc1ccc(C(=O)NCCc2nc3ccccc3n2CCCCOc2ccc(C)c(C)c2)c(C)c1. The summed E-state index contributed by atoms with van der Waals surface area (Å²) < 4.78 is 8.24. The monoisotopic (exact) mass is 469 g/mol. The summed E-state index contributed by atoms with van der Waals surface area (Å²) in [5.74, 6) is 1.90. The lowest BCUT2D eigenvalue weighted by atomic mass is 10.1. The van der Waals surface area contributed by atoms with E-state index in [1.807, 2.05) is 50.2 Å². The first-order valence-electron chi connectivity index (χ1n) is 12.4. The van der Waals surface area contributed by atoms with Gasteiger partial charge in [-0.15, -0.1) is 0 Å². The maximum absolute atomic E-state index is 12.7. The minimum Gasteiger partial charge on any atom is -0.494 e. The molecule has 1 heterocycles. The summed E-state index contributed by atoms with van der Waals surface area (Å²) in [6.07, 6.45) is 2.64. The third kappa shape index (κ3) is 6.10. The number of unbranched alkanes of at least 4 members (excludes halogenated alkanes) is 1. The Morgan fingerprint density at radius 2 is 1.74 bits per heavy atom. The molecule has 5 heteroatoms. The lowest BCUT2D eigenvalue weighted by Gasteiger charge is -2.12. The van der Waals surface area contributed by atoms with Crippen LogP contribution in [0.5, 0.6) is 5.75 Å². The Kier molecular flexibility index (Phi) is 7.86. The fraction of sp³-hybridized carbons (Fsp3) is 0.333. The van der Waals surface area contributed by atoms with Crippen LogP contribution in [0.25, 0.3) is 11.0 Å². The molecule has 0 unspecified atom stereocenters. The van der Waals surface area contributed by atoms with Gasteiger partial charge in [0.15, 0.2) is 0 Å². The summed E-state index contributed by atoms with van der Waals surface area (Å²) in [5.41, 5.74) is 7.55. The molecule has 182 valence electrons. The van der Waals surface area contributed by atoms with Crippen LogP contribution in [0, 0.1) is 27.7 Å². The summed E-state index contributed by atoms with van der Waals surface area (Å²) >= 11 is 0. The highest BCUT2D eigenvalue weighted by molar-refractivity contribution is 5.95. The van der Waals surface area contributed by atoms with Crippen molar-refractivity contribution in [2.45, 2.75) is 53.5 Å². The van der Waals surface area contributed by atoms with E-state index in [9.17, 15) is 4.79 Å². The molecule has 3 aromatic carbocycles. The Balaban J connectivity index is 1.34. The van der Waals surface area contributed by atoms with Gasteiger partial charge in [-0.25, -0.2) is 4.98 Å². The molecule has 0 fully saturated rings. The molecule has 4 aromatic rings. The van der Waals surface area contributed by atoms with Gasteiger partial charge in [-0.05, 0) is 87.6 Å². The number of hydrogen-bond acceptors (Lipinski definition) is 3. The van der Waals surface area contributed by atoms with E-state index in [0.29, 0.717) is 19.6 Å². The van der Waals surface area contributed by atoms with Crippen LogP contribution in [0.4, 0.5) is 0 Å². The largest absolute Gasteiger partial charge is 0.494 e. The lowest BCUT2D eigenvalue weighted by molar-refractivity contribution is 0.0953. The maximum Gasteiger partial charge on any atom is 0.251 e. The zero-order valence-corrected chi connectivity index (χ0v) is 21.2. The molecule has 1 N–H and O–H groups in total. The van der Waals surface area contributed by atoms with Gasteiger partial charge in [-0.3, -0.25) is 4.79 Å². The number of carbonyl (C=O) groups is 1. The molecule has 0 aliphatic carbocycles. The number of carbonyl (C=O) groups excluding carboxylic acids is 1. The number of hydrogen-bond donors (Lipinski definition) is 1. The van der Waals surface area contributed by atoms with Gasteiger partial charge in [0.2, 0.25) is 0 Å². The number of ether oxygens (including phenoxy) is 1. The Morgan fingerprint density at radius 1 is 0.914 bits per heavy atom. The molecule has 0 spiro atoms. The number of imidazole rings is 1. The molecule has 0 bridgehead atoms. The van der Waals surface area contributed by atoms with E-state index in [2.05, 4.69) is 48.0 Å². The quantitative estimate of drug-likeness (QED) is 0.286. The van der Waals surface area contributed by atoms with Gasteiger partial charge >= 0.3 is 0 Å². The van der Waals surface area contributed by atoms with Crippen molar-refractivity contribution in [3.63, 3.8) is 0 Å². The number of nitrogens with zero attached hydrogens (tertiary/aromatic N) is 2. The minimum atomic E-state index is -0.0337. The first kappa shape index (κ1) is 24.5. The molecule has 1 aromatic heterocycles. The number of aryl methyl sites for hydroxylation is 5. The van der Waals surface area contributed by atoms with Gasteiger partial charge < -0.3 is 14.6 Å². The van der Waals surface area contributed by atoms with E-state index in [1.54, 1.807) is 0 Å². The van der Waals surface area contributed by atoms with E-state index < -0.39 is 0 Å². The molecule has 1 amide bonds. The molecule has 4 rings (SSSR count). The molecular weight excluding hydrogens is 434 g/mol. The normalized spacial score (nSPS) is 11.1. The average Bonchev–Trinajstić information content (AvgIpc) is 3.18. The molecule has 5 nitrogen and oxygen atoms in total. The van der Waals surface area contributed by atoms with Crippen LogP contribution in [0.15, 0.2) is 60.7 Å². The van der Waals surface area contributed by atoms with E-state index >= 15 is 0 Å². The van der Waals surface area contributed by atoms with Crippen LogP contribution >= 0.6 is 0 Å². The standard InChI is InChI=1S/C30H35N3O2/c1-21-11-14-26(24(4)19-21)30(34)31-16-15-29-32-27-9-5-6-10-28(27)33(29)17-7-8-18-35-25-13-12-22(2)23(3)20-25/h5-6,9-14,19-20H,7-8,15-18H2,1-4H3,(H,31,34). The van der Waals surface area contributed by atoms with Gasteiger partial charge in [0.05, 0.1) is 17.6 Å². The summed E-state index contributed by atoms with van der Waals surface area (Å²) in [7, 11) is 0. The minimum absolute atomic E-state index is 0.0337. The number of benzene rings is 3. The van der Waals surface area contributed by atoms with E-state index in [4.69, 9.17) is 9.72 Å². The van der Waals surface area contributed by atoms with Crippen molar-refractivity contribution in [3.8, 4) is 5.75 Å². The third-order valence-electron chi connectivity index (χ3n) is 6.52. The van der Waals surface area contributed by atoms with Gasteiger partial charge in [0.1, 0.15) is 11.6 Å². The van der Waals surface area contributed by atoms with Crippen molar-refractivity contribution in [3.05, 3.63) is 94.3 Å². The Labute approximate surface area is 208 Å². The third-order valence-corrected chi connectivity index (χ3v) is 6.52. The van der Waals surface area contributed by atoms with Crippen molar-refractivity contribution in [1.82, 2.24) is 14.9 Å². The number of fused-ring (bicyclic) bond motifs is 1. The van der Waals surface area contributed by atoms with Crippen molar-refractivity contribution in [2.75, 3.05) is 13.2 Å². The number of amides is 1. The highest BCUT2D eigenvalue weighted by Crippen LogP contribution is 2.19. The molecule has 0 saturated heterocycles. The average molecular weight is 470 g/mol. The van der Waals surface area contributed by atoms with Gasteiger partial charge in [0, 0.05) is 25.1 Å². The Bertz CT molecular complexity index is 1320. The van der Waals surface area contributed by atoms with E-state index in [-0.39, 0.29) is 5.91 Å². The molecular formula is C30H35N3O2. The molecule has 0 radical (unpaired) electrons. The summed E-state index contributed by atoms with van der Waals surface area (Å²) in [6.45, 7) is 10.3. The van der Waals surface area contributed by atoms with E-state index in [0.717, 1.165) is 58.7 Å². The molecule has 0 atom stereocenters. The summed E-state index contributed by atoms with van der Waals surface area (Å²) in [6, 6.07) is 20.4. The molecule has 35 heavy (non-hydrogen) atoms. The molecule has 0 saturated carbocycles. The molecule has 0 aliphatic heterocycles. The lowest BCUT2D eigenvalue weighted by Crippen LogP contribution is -2.27. The first-order chi connectivity index (χ1) is 16.9. The second-order valence-corrected chi connectivity index (χ2v) is 9.29. The zero-order valence-electron chi connectivity index (χ0n) is 21.2. The second-order valence-electron chi connectivity index (χ2n) is 9.29. The first-order valence-corrected chi connectivity index (χ1v) is 12.4. The fourth-order valence-corrected chi connectivity index (χ4v) is 4.38. The predicted octanol–water partition coefficient (Wildman–Crippen LogP) is 6.10. The maximum atomic E-state index is 12.7. The molecule has 0 aliphatic rings. The summed E-state index contributed by atoms with van der Waals surface area (Å²) in [5, 5.41) is 3.07. The highest BCUT2D eigenvalue weighted by Gasteiger charge is 2.12. The fourth-order valence-electron chi connectivity index (χ4n) is 4.38. The topological polar surface area (TPSA) is 56.2 Å². The van der Waals surface area contributed by atoms with Crippen molar-refractivity contribution < 1.29 is 9.53 Å². The van der Waals surface area contributed by atoms with Gasteiger partial charge in [-0.2, -0.15) is 0 Å². The number of aromatic nitrogens is 2. The van der Waals surface area contributed by atoms with Gasteiger partial charge in [0.25, 0.3) is 5.91 Å². The van der Waals surface area contributed by atoms with Crippen molar-refractivity contribution >= 4 is 16.9 Å².